The smallest absolute Gasteiger partial charge is 0.275 e. The summed E-state index contributed by atoms with van der Waals surface area (Å²) in [6.45, 7) is 2.66. The van der Waals surface area contributed by atoms with E-state index in [4.69, 9.17) is 9.47 Å². The number of carbonyl (C=O) groups excluding carboxylic acids is 3. The summed E-state index contributed by atoms with van der Waals surface area (Å²) in [6.07, 6.45) is -0.866. The van der Waals surface area contributed by atoms with Crippen LogP contribution in [-0.2, 0) is 16.0 Å². The molecule has 0 spiro atoms. The van der Waals surface area contributed by atoms with Gasteiger partial charge in [0.2, 0.25) is 5.82 Å². The number of nitrogens with one attached hydrogen (secondary N) is 3. The molecule has 6 rings (SSSR count). The van der Waals surface area contributed by atoms with E-state index in [9.17, 15) is 19.5 Å². The van der Waals surface area contributed by atoms with Crippen LogP contribution in [0.4, 0.5) is 5.69 Å². The zero-order chi connectivity index (χ0) is 34.9. The zero-order valence-electron chi connectivity index (χ0n) is 27.2. The van der Waals surface area contributed by atoms with E-state index in [0.717, 1.165) is 11.1 Å². The van der Waals surface area contributed by atoms with Crippen LogP contribution in [0.2, 0.25) is 0 Å². The van der Waals surface area contributed by atoms with Crippen molar-refractivity contribution in [3.05, 3.63) is 120 Å². The number of tetrazole rings is 1. The first-order valence-corrected chi connectivity index (χ1v) is 16.2. The summed E-state index contributed by atoms with van der Waals surface area (Å²) in [6, 6.07) is 26.9. The maximum Gasteiger partial charge on any atom is 0.275 e. The number of benzene rings is 3. The Bertz CT molecular complexity index is 1910. The zero-order valence-corrected chi connectivity index (χ0v) is 27.2. The van der Waals surface area contributed by atoms with Crippen molar-refractivity contribution in [3.8, 4) is 17.1 Å². The second kappa shape index (κ2) is 15.9. The van der Waals surface area contributed by atoms with Crippen LogP contribution < -0.4 is 15.4 Å². The Kier molecular flexibility index (Phi) is 10.8. The molecule has 3 amide bonds. The second-order valence-corrected chi connectivity index (χ2v) is 11.6. The minimum absolute atomic E-state index is 0.00503. The summed E-state index contributed by atoms with van der Waals surface area (Å²) in [4.78, 5) is 47.1. The maximum absolute atomic E-state index is 13.9. The van der Waals surface area contributed by atoms with E-state index in [1.54, 1.807) is 29.2 Å². The van der Waals surface area contributed by atoms with Gasteiger partial charge in [0.15, 0.2) is 6.10 Å². The van der Waals surface area contributed by atoms with E-state index >= 15 is 0 Å². The van der Waals surface area contributed by atoms with Gasteiger partial charge < -0.3 is 30.1 Å². The summed E-state index contributed by atoms with van der Waals surface area (Å²) in [5, 5.41) is 30.7. The summed E-state index contributed by atoms with van der Waals surface area (Å²) in [5.74, 6) is -1.27. The molecule has 1 aliphatic heterocycles. The van der Waals surface area contributed by atoms with Crippen LogP contribution in [-0.4, -0.2) is 85.4 Å². The van der Waals surface area contributed by atoms with Crippen molar-refractivity contribution in [1.29, 1.82) is 0 Å². The average molecular weight is 677 g/mol. The molecule has 14 heteroatoms. The van der Waals surface area contributed by atoms with Crippen molar-refractivity contribution in [1.82, 2.24) is 35.8 Å². The number of H-pyrrole nitrogens is 1. The minimum Gasteiger partial charge on any atom is -0.493 e. The monoisotopic (exact) mass is 676 g/mol. The number of aliphatic hydroxyl groups excluding tert-OH is 1. The minimum atomic E-state index is -1.68. The maximum atomic E-state index is 13.9. The molecule has 50 heavy (non-hydrogen) atoms. The Labute approximate surface area is 287 Å². The number of ether oxygens (including phenoxy) is 2. The van der Waals surface area contributed by atoms with Crippen LogP contribution in [0, 0.1) is 0 Å². The van der Waals surface area contributed by atoms with Gasteiger partial charge in [-0.15, -0.1) is 10.2 Å². The third-order valence-electron chi connectivity index (χ3n) is 8.05. The van der Waals surface area contributed by atoms with Gasteiger partial charge in [0.05, 0.1) is 25.3 Å². The molecule has 0 radical (unpaired) electrons. The fourth-order valence-corrected chi connectivity index (χ4v) is 5.55. The molecule has 4 N–H and O–H groups in total. The number of pyridine rings is 1. The van der Waals surface area contributed by atoms with Gasteiger partial charge in [0.1, 0.15) is 23.9 Å². The lowest BCUT2D eigenvalue weighted by Crippen LogP contribution is -2.50. The van der Waals surface area contributed by atoms with Gasteiger partial charge in [-0.1, -0.05) is 79.7 Å². The Morgan fingerprint density at radius 1 is 1.00 bits per heavy atom. The predicted molar refractivity (Wildman–Crippen MR) is 182 cm³/mol. The molecule has 0 unspecified atom stereocenters. The van der Waals surface area contributed by atoms with Crippen LogP contribution in [0.1, 0.15) is 51.5 Å². The number of aromatic nitrogens is 5. The van der Waals surface area contributed by atoms with Crippen molar-refractivity contribution in [2.24, 2.45) is 0 Å². The van der Waals surface area contributed by atoms with Crippen molar-refractivity contribution in [2.45, 2.75) is 38.0 Å². The molecule has 256 valence electrons. The summed E-state index contributed by atoms with van der Waals surface area (Å²) < 4.78 is 11.5. The highest BCUT2D eigenvalue weighted by atomic mass is 16.5. The first-order valence-electron chi connectivity index (χ1n) is 16.2. The Morgan fingerprint density at radius 3 is 2.50 bits per heavy atom. The van der Waals surface area contributed by atoms with Gasteiger partial charge in [-0.25, -0.2) is 4.98 Å². The van der Waals surface area contributed by atoms with E-state index < -0.39 is 29.9 Å². The topological polar surface area (TPSA) is 185 Å². The van der Waals surface area contributed by atoms with Crippen LogP contribution in [0.5, 0.6) is 5.75 Å². The fraction of sp³-hybridized carbons (Fsp3) is 0.250. The Morgan fingerprint density at radius 2 is 1.76 bits per heavy atom. The fourth-order valence-electron chi connectivity index (χ4n) is 5.55. The van der Waals surface area contributed by atoms with E-state index in [1.807, 2.05) is 67.6 Å². The highest BCUT2D eigenvalue weighted by molar-refractivity contribution is 5.99. The average Bonchev–Trinajstić information content (AvgIpc) is 3.88. The van der Waals surface area contributed by atoms with Gasteiger partial charge in [0.25, 0.3) is 17.7 Å². The number of carbonyl (C=O) groups is 3. The van der Waals surface area contributed by atoms with Crippen molar-refractivity contribution >= 4 is 23.4 Å². The van der Waals surface area contributed by atoms with Gasteiger partial charge in [-0.3, -0.25) is 14.4 Å². The molecule has 2 aromatic heterocycles. The molecule has 5 aromatic rings. The van der Waals surface area contributed by atoms with Crippen molar-refractivity contribution in [3.63, 3.8) is 0 Å². The van der Waals surface area contributed by atoms with Gasteiger partial charge in [-0.2, -0.15) is 5.21 Å². The van der Waals surface area contributed by atoms with E-state index in [0.29, 0.717) is 36.7 Å². The molecule has 0 aliphatic carbocycles. The second-order valence-electron chi connectivity index (χ2n) is 11.6. The third-order valence-corrected chi connectivity index (χ3v) is 8.05. The summed E-state index contributed by atoms with van der Waals surface area (Å²) >= 11 is 0. The number of hydrogen-bond acceptors (Lipinski definition) is 10. The molecule has 0 saturated carbocycles. The lowest BCUT2D eigenvalue weighted by Gasteiger charge is -2.25. The highest BCUT2D eigenvalue weighted by Crippen LogP contribution is 2.28. The summed E-state index contributed by atoms with van der Waals surface area (Å²) in [7, 11) is 0. The number of nitrogens with zero attached hydrogens (tertiary/aromatic N) is 5. The van der Waals surface area contributed by atoms with Crippen LogP contribution in [0.3, 0.4) is 0 Å². The van der Waals surface area contributed by atoms with E-state index in [2.05, 4.69) is 36.2 Å². The van der Waals surface area contributed by atoms with Gasteiger partial charge in [0, 0.05) is 23.4 Å². The van der Waals surface area contributed by atoms with Crippen LogP contribution >= 0.6 is 0 Å². The predicted octanol–water partition coefficient (Wildman–Crippen LogP) is 3.56. The normalized spacial score (nSPS) is 15.2. The first-order chi connectivity index (χ1) is 24.4. The largest absolute Gasteiger partial charge is 0.493 e. The van der Waals surface area contributed by atoms with Gasteiger partial charge in [-0.05, 0) is 41.3 Å². The standard InChI is InChI=1S/C36H36N8O6/c1-2-16-50-27-19-29(38-30(20-27)36(48)44-22-49-21-31(44)24-12-7-4-8-13-24)34(46)39-28(17-23-10-5-3-6-11-23)32(45)35(47)37-26-15-9-14-25(18-26)33-40-42-43-41-33/h3-15,18-20,28,31-32,45H,2,16-17,21-22H2,1H3,(H,37,47)(H,39,46)(H,40,41,42,43)/t28-,31+,32-/m0/s1. The molecule has 3 atom stereocenters. The van der Waals surface area contributed by atoms with Gasteiger partial charge >= 0.3 is 0 Å². The molecule has 0 bridgehead atoms. The molecule has 3 aromatic carbocycles. The third kappa shape index (κ3) is 8.17. The Balaban J connectivity index is 1.25. The molecular formula is C36H36N8O6. The molecule has 3 heterocycles. The lowest BCUT2D eigenvalue weighted by atomic mass is 10.00. The molecule has 1 aliphatic rings. The van der Waals surface area contributed by atoms with Crippen LogP contribution in [0.15, 0.2) is 97.1 Å². The Hall–Kier alpha value is -5.99. The van der Waals surface area contributed by atoms with Crippen LogP contribution in [0.25, 0.3) is 11.4 Å². The SMILES string of the molecule is CCCOc1cc(C(=O)N[C@@H](Cc2ccccc2)[C@H](O)C(=O)Nc2cccc(-c3nn[nH]n3)c2)nc(C(=O)N2COC[C@@H]2c2ccccc2)c1. The van der Waals surface area contributed by atoms with E-state index in [1.165, 1.54) is 12.1 Å². The van der Waals surface area contributed by atoms with Crippen molar-refractivity contribution < 1.29 is 29.0 Å². The molecular weight excluding hydrogens is 640 g/mol. The first kappa shape index (κ1) is 33.9. The number of anilines is 1. The lowest BCUT2D eigenvalue weighted by molar-refractivity contribution is -0.125. The summed E-state index contributed by atoms with van der Waals surface area (Å²) in [5.41, 5.74) is 2.54. The van der Waals surface area contributed by atoms with Crippen molar-refractivity contribution in [2.75, 3.05) is 25.3 Å². The number of aliphatic hydroxyl groups is 1. The number of aromatic amines is 1. The van der Waals surface area contributed by atoms with E-state index in [-0.39, 0.29) is 36.3 Å². The quantitative estimate of drug-likeness (QED) is 0.144. The molecule has 1 fully saturated rings. The number of rotatable bonds is 13. The number of hydrogen-bond donors (Lipinski definition) is 4. The highest BCUT2D eigenvalue weighted by Gasteiger charge is 2.34. The number of amides is 3. The molecule has 14 nitrogen and oxygen atoms in total. The molecule has 1 saturated heterocycles.